The van der Waals surface area contributed by atoms with E-state index in [1.807, 2.05) is 63.2 Å². The molecule has 0 aliphatic rings. The lowest BCUT2D eigenvalue weighted by atomic mass is 10.0. The number of halogens is 1. The minimum atomic E-state index is -0.398. The number of carbonyl (C=O) groups excluding carboxylic acids is 1. The van der Waals surface area contributed by atoms with Crippen LogP contribution in [0, 0.1) is 32.1 Å². The topological polar surface area (TPSA) is 52.9 Å². The largest absolute Gasteiger partial charge is 0.321 e. The maximum absolute atomic E-state index is 12.4. The maximum atomic E-state index is 12.4. The number of nitrogens with one attached hydrogen (secondary N) is 1. The highest BCUT2D eigenvalue weighted by Crippen LogP contribution is 2.23. The standard InChI is InChI=1S/C19H17BrN2O/c1-12-8-13(2)18(14(3)9-12)22-19(23)16(11-21)10-15-4-6-17(20)7-5-15/h4-10H,1-3H3,(H,22,23)/b16-10+. The molecule has 0 saturated carbocycles. The Kier molecular flexibility index (Phi) is 5.36. The van der Waals surface area contributed by atoms with Crippen LogP contribution in [0.25, 0.3) is 6.08 Å². The second-order valence-corrected chi connectivity index (χ2v) is 6.36. The van der Waals surface area contributed by atoms with Crippen molar-refractivity contribution < 1.29 is 4.79 Å². The van der Waals surface area contributed by atoms with Crippen LogP contribution in [0.15, 0.2) is 46.4 Å². The fourth-order valence-corrected chi connectivity index (χ4v) is 2.70. The second kappa shape index (κ2) is 7.26. The summed E-state index contributed by atoms with van der Waals surface area (Å²) in [7, 11) is 0. The zero-order chi connectivity index (χ0) is 17.0. The zero-order valence-corrected chi connectivity index (χ0v) is 14.9. The molecule has 23 heavy (non-hydrogen) atoms. The van der Waals surface area contributed by atoms with Crippen molar-refractivity contribution in [3.05, 3.63) is 68.7 Å². The molecule has 2 rings (SSSR count). The molecule has 1 amide bonds. The van der Waals surface area contributed by atoms with E-state index in [4.69, 9.17) is 0 Å². The number of nitriles is 1. The highest BCUT2D eigenvalue weighted by Gasteiger charge is 2.12. The van der Waals surface area contributed by atoms with E-state index in [-0.39, 0.29) is 5.57 Å². The van der Waals surface area contributed by atoms with Gasteiger partial charge in [0.25, 0.3) is 5.91 Å². The summed E-state index contributed by atoms with van der Waals surface area (Å²) in [6, 6.07) is 13.4. The Hall–Kier alpha value is -2.38. The second-order valence-electron chi connectivity index (χ2n) is 5.45. The van der Waals surface area contributed by atoms with Crippen LogP contribution < -0.4 is 5.32 Å². The Bertz CT molecular complexity index is 791. The van der Waals surface area contributed by atoms with Gasteiger partial charge >= 0.3 is 0 Å². The highest BCUT2D eigenvalue weighted by molar-refractivity contribution is 9.10. The minimum Gasteiger partial charge on any atom is -0.321 e. The fraction of sp³-hybridized carbons (Fsp3) is 0.158. The molecule has 1 N–H and O–H groups in total. The first-order valence-electron chi connectivity index (χ1n) is 7.17. The maximum Gasteiger partial charge on any atom is 0.266 e. The summed E-state index contributed by atoms with van der Waals surface area (Å²) in [5.74, 6) is -0.398. The summed E-state index contributed by atoms with van der Waals surface area (Å²) < 4.78 is 0.948. The SMILES string of the molecule is Cc1cc(C)c(NC(=O)/C(C#N)=C/c2ccc(Br)cc2)c(C)c1. The molecule has 0 saturated heterocycles. The zero-order valence-electron chi connectivity index (χ0n) is 13.3. The van der Waals surface area contributed by atoms with E-state index in [1.165, 1.54) is 0 Å². The number of nitrogens with zero attached hydrogens (tertiary/aromatic N) is 1. The number of hydrogen-bond acceptors (Lipinski definition) is 2. The van der Waals surface area contributed by atoms with E-state index in [2.05, 4.69) is 21.2 Å². The lowest BCUT2D eigenvalue weighted by molar-refractivity contribution is -0.112. The van der Waals surface area contributed by atoms with Crippen LogP contribution in [0.2, 0.25) is 0 Å². The molecule has 3 nitrogen and oxygen atoms in total. The van der Waals surface area contributed by atoms with Crippen molar-refractivity contribution >= 4 is 33.6 Å². The predicted octanol–water partition coefficient (Wildman–Crippen LogP) is 4.92. The summed E-state index contributed by atoms with van der Waals surface area (Å²) in [6.07, 6.45) is 1.58. The number of anilines is 1. The fourth-order valence-electron chi connectivity index (χ4n) is 2.43. The van der Waals surface area contributed by atoms with Crippen molar-refractivity contribution in [1.82, 2.24) is 0 Å². The Labute approximate surface area is 144 Å². The molecule has 0 atom stereocenters. The van der Waals surface area contributed by atoms with Gasteiger partial charge in [-0.3, -0.25) is 4.79 Å². The third-order valence-corrected chi connectivity index (χ3v) is 3.99. The Morgan fingerprint density at radius 3 is 2.22 bits per heavy atom. The number of rotatable bonds is 3. The van der Waals surface area contributed by atoms with E-state index < -0.39 is 5.91 Å². The molecule has 116 valence electrons. The van der Waals surface area contributed by atoms with Crippen molar-refractivity contribution in [2.75, 3.05) is 5.32 Å². The molecule has 2 aromatic rings. The van der Waals surface area contributed by atoms with Crippen molar-refractivity contribution in [3.8, 4) is 6.07 Å². The molecule has 0 unspecified atom stereocenters. The van der Waals surface area contributed by atoms with Gasteiger partial charge in [0.1, 0.15) is 11.6 Å². The number of aryl methyl sites for hydroxylation is 3. The van der Waals surface area contributed by atoms with Crippen LogP contribution in [0.1, 0.15) is 22.3 Å². The van der Waals surface area contributed by atoms with Gasteiger partial charge in [0.2, 0.25) is 0 Å². The van der Waals surface area contributed by atoms with Crippen LogP contribution in [0.3, 0.4) is 0 Å². The van der Waals surface area contributed by atoms with Gasteiger partial charge < -0.3 is 5.32 Å². The number of hydrogen-bond donors (Lipinski definition) is 1. The molecule has 0 bridgehead atoms. The van der Waals surface area contributed by atoms with Gasteiger partial charge in [-0.15, -0.1) is 0 Å². The third kappa shape index (κ3) is 4.30. The van der Waals surface area contributed by atoms with Gasteiger partial charge in [-0.1, -0.05) is 45.8 Å². The van der Waals surface area contributed by atoms with Crippen LogP contribution in [0.5, 0.6) is 0 Å². The van der Waals surface area contributed by atoms with Crippen molar-refractivity contribution in [2.45, 2.75) is 20.8 Å². The molecule has 4 heteroatoms. The molecule has 0 spiro atoms. The lowest BCUT2D eigenvalue weighted by Crippen LogP contribution is -2.15. The van der Waals surface area contributed by atoms with Crippen molar-refractivity contribution in [1.29, 1.82) is 5.26 Å². The van der Waals surface area contributed by atoms with Gasteiger partial charge in [-0.05, 0) is 55.7 Å². The molecule has 0 fully saturated rings. The van der Waals surface area contributed by atoms with Crippen LogP contribution in [-0.4, -0.2) is 5.91 Å². The summed E-state index contributed by atoms with van der Waals surface area (Å²) in [5.41, 5.74) is 4.75. The van der Waals surface area contributed by atoms with Crippen molar-refractivity contribution in [3.63, 3.8) is 0 Å². The van der Waals surface area contributed by atoms with E-state index in [9.17, 15) is 10.1 Å². The normalized spacial score (nSPS) is 11.0. The third-order valence-electron chi connectivity index (χ3n) is 3.46. The average molecular weight is 369 g/mol. The molecule has 0 heterocycles. The molecule has 0 aliphatic heterocycles. The van der Waals surface area contributed by atoms with Gasteiger partial charge in [-0.2, -0.15) is 5.26 Å². The van der Waals surface area contributed by atoms with Crippen LogP contribution in [0.4, 0.5) is 5.69 Å². The minimum absolute atomic E-state index is 0.0756. The lowest BCUT2D eigenvalue weighted by Gasteiger charge is -2.12. The quantitative estimate of drug-likeness (QED) is 0.617. The molecule has 0 aliphatic carbocycles. The molecular formula is C19H17BrN2O. The van der Waals surface area contributed by atoms with Crippen LogP contribution >= 0.6 is 15.9 Å². The van der Waals surface area contributed by atoms with E-state index in [0.29, 0.717) is 0 Å². The Morgan fingerprint density at radius 2 is 1.70 bits per heavy atom. The van der Waals surface area contributed by atoms with Crippen LogP contribution in [-0.2, 0) is 4.79 Å². The first-order chi connectivity index (χ1) is 10.9. The van der Waals surface area contributed by atoms with E-state index in [0.717, 1.165) is 32.4 Å². The summed E-state index contributed by atoms with van der Waals surface area (Å²) in [4.78, 5) is 12.4. The highest BCUT2D eigenvalue weighted by atomic mass is 79.9. The molecule has 0 radical (unpaired) electrons. The van der Waals surface area contributed by atoms with Crippen molar-refractivity contribution in [2.24, 2.45) is 0 Å². The Morgan fingerprint density at radius 1 is 1.13 bits per heavy atom. The smallest absolute Gasteiger partial charge is 0.266 e. The van der Waals surface area contributed by atoms with Gasteiger partial charge in [0.05, 0.1) is 0 Å². The predicted molar refractivity (Wildman–Crippen MR) is 97.0 cm³/mol. The van der Waals surface area contributed by atoms with Gasteiger partial charge in [0.15, 0.2) is 0 Å². The summed E-state index contributed by atoms with van der Waals surface area (Å²) in [6.45, 7) is 5.90. The monoisotopic (exact) mass is 368 g/mol. The average Bonchev–Trinajstić information content (AvgIpc) is 2.50. The van der Waals surface area contributed by atoms with Gasteiger partial charge in [-0.25, -0.2) is 0 Å². The number of benzene rings is 2. The number of carbonyl (C=O) groups is 1. The summed E-state index contributed by atoms with van der Waals surface area (Å²) >= 11 is 3.36. The molecule has 2 aromatic carbocycles. The number of amides is 1. The van der Waals surface area contributed by atoms with E-state index in [1.54, 1.807) is 6.08 Å². The molecule has 0 aromatic heterocycles. The summed E-state index contributed by atoms with van der Waals surface area (Å²) in [5, 5.41) is 12.1. The van der Waals surface area contributed by atoms with E-state index >= 15 is 0 Å². The first kappa shape index (κ1) is 17.0. The van der Waals surface area contributed by atoms with Gasteiger partial charge in [0, 0.05) is 10.2 Å². The Balaban J connectivity index is 2.28. The molecular weight excluding hydrogens is 352 g/mol. The first-order valence-corrected chi connectivity index (χ1v) is 7.96.